The predicted molar refractivity (Wildman–Crippen MR) is 52.2 cm³/mol. The smallest absolute Gasteiger partial charge is 0.387 e. The van der Waals surface area contributed by atoms with Crippen molar-refractivity contribution < 1.29 is 18.4 Å². The van der Waals surface area contributed by atoms with Crippen LogP contribution < -0.4 is 4.74 Å². The molecule has 0 N–H and O–H groups in total. The third kappa shape index (κ3) is 2.85. The number of nitro benzene ring substituents is 1. The molecule has 0 aliphatic carbocycles. The topological polar surface area (TPSA) is 52.4 Å². The van der Waals surface area contributed by atoms with Crippen molar-refractivity contribution in [1.82, 2.24) is 0 Å². The van der Waals surface area contributed by atoms with Gasteiger partial charge < -0.3 is 4.74 Å². The van der Waals surface area contributed by atoms with E-state index in [1.165, 1.54) is 13.0 Å². The number of hydrogen-bond acceptors (Lipinski definition) is 3. The predicted octanol–water partition coefficient (Wildman–Crippen LogP) is 3.27. The van der Waals surface area contributed by atoms with E-state index in [0.717, 1.165) is 6.07 Å². The van der Waals surface area contributed by atoms with E-state index in [1.807, 2.05) is 0 Å². The molecule has 1 aromatic rings. The monoisotopic (exact) mass is 281 g/mol. The first-order chi connectivity index (χ1) is 6.91. The minimum atomic E-state index is -3.09. The average Bonchev–Trinajstić information content (AvgIpc) is 1.99. The van der Waals surface area contributed by atoms with Gasteiger partial charge >= 0.3 is 12.3 Å². The van der Waals surface area contributed by atoms with Crippen LogP contribution in [0.15, 0.2) is 16.6 Å². The van der Waals surface area contributed by atoms with E-state index in [4.69, 9.17) is 0 Å². The summed E-state index contributed by atoms with van der Waals surface area (Å²) < 4.78 is 28.4. The van der Waals surface area contributed by atoms with Gasteiger partial charge in [-0.1, -0.05) is 15.9 Å². The molecular weight excluding hydrogens is 276 g/mol. The molecule has 0 bridgehead atoms. The fourth-order valence-corrected chi connectivity index (χ4v) is 1.68. The van der Waals surface area contributed by atoms with Gasteiger partial charge in [0.15, 0.2) is 0 Å². The number of alkyl halides is 2. The summed E-state index contributed by atoms with van der Waals surface area (Å²) in [6.07, 6.45) is 0. The van der Waals surface area contributed by atoms with Crippen LogP contribution in [0.25, 0.3) is 0 Å². The third-order valence-electron chi connectivity index (χ3n) is 1.63. The second-order valence-electron chi connectivity index (χ2n) is 2.71. The van der Waals surface area contributed by atoms with E-state index in [2.05, 4.69) is 20.7 Å². The summed E-state index contributed by atoms with van der Waals surface area (Å²) in [5.74, 6) is -0.443. The number of halogens is 3. The van der Waals surface area contributed by atoms with Gasteiger partial charge in [-0.2, -0.15) is 8.78 Å². The number of nitro groups is 1. The molecule has 1 aromatic carbocycles. The van der Waals surface area contributed by atoms with Gasteiger partial charge in [-0.3, -0.25) is 10.1 Å². The van der Waals surface area contributed by atoms with Gasteiger partial charge in [0.2, 0.25) is 5.75 Å². The summed E-state index contributed by atoms with van der Waals surface area (Å²) in [6, 6.07) is 2.59. The van der Waals surface area contributed by atoms with E-state index in [-0.39, 0.29) is 5.56 Å². The molecule has 0 saturated carbocycles. The highest BCUT2D eigenvalue weighted by Gasteiger charge is 2.22. The van der Waals surface area contributed by atoms with Crippen LogP contribution in [-0.4, -0.2) is 11.5 Å². The number of aryl methyl sites for hydroxylation is 1. The minimum absolute atomic E-state index is 0.255. The van der Waals surface area contributed by atoms with Crippen LogP contribution >= 0.6 is 15.9 Å². The van der Waals surface area contributed by atoms with Crippen LogP contribution in [0.2, 0.25) is 0 Å². The molecule has 7 heteroatoms. The first-order valence-corrected chi connectivity index (χ1v) is 4.60. The van der Waals surface area contributed by atoms with Crippen molar-refractivity contribution in [2.75, 3.05) is 0 Å². The van der Waals surface area contributed by atoms with Crippen molar-refractivity contribution in [3.8, 4) is 5.75 Å². The number of nitrogens with zero attached hydrogens (tertiary/aromatic N) is 1. The molecule has 0 spiro atoms. The highest BCUT2D eigenvalue weighted by atomic mass is 79.9. The quantitative estimate of drug-likeness (QED) is 0.631. The maximum atomic E-state index is 12.0. The Morgan fingerprint density at radius 2 is 2.13 bits per heavy atom. The first-order valence-electron chi connectivity index (χ1n) is 3.81. The van der Waals surface area contributed by atoms with E-state index in [9.17, 15) is 18.9 Å². The number of benzene rings is 1. The molecule has 0 heterocycles. The van der Waals surface area contributed by atoms with E-state index in [1.54, 1.807) is 0 Å². The first kappa shape index (κ1) is 11.8. The highest BCUT2D eigenvalue weighted by Crippen LogP contribution is 2.34. The molecule has 0 aliphatic heterocycles. The van der Waals surface area contributed by atoms with Crippen molar-refractivity contribution in [2.24, 2.45) is 0 Å². The van der Waals surface area contributed by atoms with Gasteiger partial charge in [0, 0.05) is 16.1 Å². The van der Waals surface area contributed by atoms with Crippen LogP contribution in [0, 0.1) is 17.0 Å². The SMILES string of the molecule is Cc1cc(Br)cc(OC(F)F)c1[N+](=O)[O-]. The van der Waals surface area contributed by atoms with Crippen molar-refractivity contribution in [3.63, 3.8) is 0 Å². The summed E-state index contributed by atoms with van der Waals surface area (Å²) in [5, 5.41) is 10.6. The summed E-state index contributed by atoms with van der Waals surface area (Å²) >= 11 is 3.04. The lowest BCUT2D eigenvalue weighted by molar-refractivity contribution is -0.387. The standard InChI is InChI=1S/C8H6BrF2NO3/c1-4-2-5(9)3-6(15-8(10)11)7(4)12(13)14/h2-3,8H,1H3. The van der Waals surface area contributed by atoms with Crippen LogP contribution in [0.3, 0.4) is 0 Å². The molecule has 0 saturated heterocycles. The Hall–Kier alpha value is -1.24. The fraction of sp³-hybridized carbons (Fsp3) is 0.250. The molecule has 0 radical (unpaired) electrons. The van der Waals surface area contributed by atoms with Crippen LogP contribution in [0.5, 0.6) is 5.75 Å². The number of hydrogen-bond donors (Lipinski definition) is 0. The van der Waals surface area contributed by atoms with Crippen LogP contribution in [0.1, 0.15) is 5.56 Å². The second-order valence-corrected chi connectivity index (χ2v) is 3.62. The zero-order chi connectivity index (χ0) is 11.6. The van der Waals surface area contributed by atoms with Gasteiger partial charge in [-0.15, -0.1) is 0 Å². The van der Waals surface area contributed by atoms with Gasteiger partial charge in [-0.25, -0.2) is 0 Å². The summed E-state index contributed by atoms with van der Waals surface area (Å²) in [4.78, 5) is 9.85. The minimum Gasteiger partial charge on any atom is -0.427 e. The van der Waals surface area contributed by atoms with Crippen molar-refractivity contribution in [3.05, 3.63) is 32.3 Å². The Balaban J connectivity index is 3.27. The van der Waals surface area contributed by atoms with Gasteiger partial charge in [0.25, 0.3) is 0 Å². The second kappa shape index (κ2) is 4.52. The molecule has 82 valence electrons. The summed E-state index contributed by atoms with van der Waals surface area (Å²) in [6.45, 7) is -1.64. The Morgan fingerprint density at radius 1 is 1.53 bits per heavy atom. The molecule has 0 unspecified atom stereocenters. The summed E-state index contributed by atoms with van der Waals surface area (Å²) in [5.41, 5.74) is -0.191. The zero-order valence-electron chi connectivity index (χ0n) is 7.54. The summed E-state index contributed by atoms with van der Waals surface area (Å²) in [7, 11) is 0. The molecule has 15 heavy (non-hydrogen) atoms. The molecular formula is C8H6BrF2NO3. The Morgan fingerprint density at radius 3 is 2.60 bits per heavy atom. The van der Waals surface area contributed by atoms with Crippen molar-refractivity contribution in [1.29, 1.82) is 0 Å². The lowest BCUT2D eigenvalue weighted by Gasteiger charge is -2.07. The molecule has 0 amide bonds. The lowest BCUT2D eigenvalue weighted by Crippen LogP contribution is -2.05. The maximum Gasteiger partial charge on any atom is 0.387 e. The Kier molecular flexibility index (Phi) is 3.57. The number of rotatable bonds is 3. The molecule has 4 nitrogen and oxygen atoms in total. The van der Waals surface area contributed by atoms with Crippen molar-refractivity contribution >= 4 is 21.6 Å². The van der Waals surface area contributed by atoms with Crippen LogP contribution in [-0.2, 0) is 0 Å². The van der Waals surface area contributed by atoms with Gasteiger partial charge in [0.1, 0.15) is 0 Å². The molecule has 1 rings (SSSR count). The highest BCUT2D eigenvalue weighted by molar-refractivity contribution is 9.10. The molecule has 0 aliphatic rings. The van der Waals surface area contributed by atoms with E-state index < -0.39 is 23.0 Å². The van der Waals surface area contributed by atoms with Crippen LogP contribution in [0.4, 0.5) is 14.5 Å². The Labute approximate surface area is 92.1 Å². The molecule has 0 aromatic heterocycles. The average molecular weight is 282 g/mol. The molecule has 0 atom stereocenters. The van der Waals surface area contributed by atoms with Gasteiger partial charge in [-0.05, 0) is 13.0 Å². The Bertz CT molecular complexity index is 398. The van der Waals surface area contributed by atoms with E-state index in [0.29, 0.717) is 4.47 Å². The maximum absolute atomic E-state index is 12.0. The zero-order valence-corrected chi connectivity index (χ0v) is 9.12. The van der Waals surface area contributed by atoms with Gasteiger partial charge in [0.05, 0.1) is 4.92 Å². The lowest BCUT2D eigenvalue weighted by atomic mass is 10.2. The number of ether oxygens (including phenoxy) is 1. The fourth-order valence-electron chi connectivity index (χ4n) is 1.12. The largest absolute Gasteiger partial charge is 0.427 e. The normalized spacial score (nSPS) is 10.5. The third-order valence-corrected chi connectivity index (χ3v) is 2.09. The van der Waals surface area contributed by atoms with E-state index >= 15 is 0 Å². The molecule has 0 fully saturated rings. The van der Waals surface area contributed by atoms with Crippen molar-refractivity contribution in [2.45, 2.75) is 13.5 Å².